The fraction of sp³-hybridized carbons (Fsp3) is 0.611. The van der Waals surface area contributed by atoms with E-state index in [1.54, 1.807) is 0 Å². The summed E-state index contributed by atoms with van der Waals surface area (Å²) >= 11 is 7.02. The number of carbonyl (C=O) groups is 1. The van der Waals surface area contributed by atoms with Crippen LogP contribution < -0.4 is 0 Å². The molecule has 1 amide bonds. The van der Waals surface area contributed by atoms with Crippen molar-refractivity contribution in [1.29, 1.82) is 0 Å². The molecule has 1 aromatic carbocycles. The van der Waals surface area contributed by atoms with Crippen molar-refractivity contribution in [3.05, 3.63) is 32.7 Å². The monoisotopic (exact) mass is 445 g/mol. The molecule has 1 fully saturated rings. The molecule has 0 radical (unpaired) electrons. The van der Waals surface area contributed by atoms with Crippen LogP contribution in [0, 0.1) is 5.92 Å². The van der Waals surface area contributed by atoms with E-state index < -0.39 is 5.60 Å². The second kappa shape index (κ2) is 8.02. The first-order valence-electron chi connectivity index (χ1n) is 8.16. The molecule has 1 saturated carbocycles. The van der Waals surface area contributed by atoms with E-state index in [1.807, 2.05) is 31.7 Å². The van der Waals surface area contributed by atoms with Crippen molar-refractivity contribution in [2.75, 3.05) is 6.54 Å². The van der Waals surface area contributed by atoms with Crippen LogP contribution >= 0.6 is 31.9 Å². The lowest BCUT2D eigenvalue weighted by atomic mass is 10.1. The van der Waals surface area contributed by atoms with Gasteiger partial charge in [0, 0.05) is 22.0 Å². The summed E-state index contributed by atoms with van der Waals surface area (Å²) < 4.78 is 7.62. The van der Waals surface area contributed by atoms with Gasteiger partial charge in [0.15, 0.2) is 0 Å². The number of halogens is 2. The molecule has 1 aliphatic carbocycles. The summed E-state index contributed by atoms with van der Waals surface area (Å²) in [6.45, 7) is 7.08. The second-order valence-corrected chi connectivity index (χ2v) is 9.12. The van der Waals surface area contributed by atoms with E-state index in [-0.39, 0.29) is 6.09 Å². The van der Waals surface area contributed by atoms with Gasteiger partial charge in [0.1, 0.15) is 5.60 Å². The van der Waals surface area contributed by atoms with Gasteiger partial charge in [0.25, 0.3) is 0 Å². The number of ether oxygens (including phenoxy) is 1. The van der Waals surface area contributed by atoms with Gasteiger partial charge in [0.05, 0.1) is 0 Å². The molecule has 0 unspecified atom stereocenters. The van der Waals surface area contributed by atoms with Gasteiger partial charge in [-0.15, -0.1) is 0 Å². The third kappa shape index (κ3) is 6.46. The fourth-order valence-corrected chi connectivity index (χ4v) is 4.35. The average Bonchev–Trinajstić information content (AvgIpc) is 2.87. The lowest BCUT2D eigenvalue weighted by molar-refractivity contribution is 0.0204. The summed E-state index contributed by atoms with van der Waals surface area (Å²) in [5.74, 6) is 0.595. The largest absolute Gasteiger partial charge is 0.444 e. The Labute approximate surface area is 156 Å². The Morgan fingerprint density at radius 3 is 2.26 bits per heavy atom. The molecule has 0 bridgehead atoms. The van der Waals surface area contributed by atoms with Crippen LogP contribution in [0.2, 0.25) is 0 Å². The van der Waals surface area contributed by atoms with E-state index in [1.165, 1.54) is 25.7 Å². The molecule has 1 aromatic rings. The summed E-state index contributed by atoms with van der Waals surface area (Å²) in [6.07, 6.45) is 4.74. The van der Waals surface area contributed by atoms with Crippen LogP contribution in [0.15, 0.2) is 27.1 Å². The number of rotatable bonds is 4. The van der Waals surface area contributed by atoms with Gasteiger partial charge < -0.3 is 9.64 Å². The minimum Gasteiger partial charge on any atom is -0.444 e. The maximum Gasteiger partial charge on any atom is 0.410 e. The zero-order valence-corrected chi connectivity index (χ0v) is 17.2. The fourth-order valence-electron chi connectivity index (χ4n) is 2.96. The predicted octanol–water partition coefficient (Wildman–Crippen LogP) is 6.14. The van der Waals surface area contributed by atoms with E-state index >= 15 is 0 Å². The highest BCUT2D eigenvalue weighted by Gasteiger charge is 2.26. The van der Waals surface area contributed by atoms with E-state index in [0.717, 1.165) is 21.1 Å². The summed E-state index contributed by atoms with van der Waals surface area (Å²) in [5, 5.41) is 0. The molecular weight excluding hydrogens is 422 g/mol. The number of carbonyl (C=O) groups excluding carboxylic acids is 1. The number of hydrogen-bond donors (Lipinski definition) is 0. The molecule has 0 spiro atoms. The third-order valence-corrected chi connectivity index (χ3v) is 4.82. The Morgan fingerprint density at radius 1 is 1.17 bits per heavy atom. The van der Waals surface area contributed by atoms with Crippen LogP contribution in [-0.2, 0) is 11.3 Å². The highest BCUT2D eigenvalue weighted by atomic mass is 79.9. The zero-order chi connectivity index (χ0) is 17.0. The van der Waals surface area contributed by atoms with Gasteiger partial charge in [0.2, 0.25) is 0 Å². The van der Waals surface area contributed by atoms with Gasteiger partial charge in [-0.05, 0) is 63.3 Å². The highest BCUT2D eigenvalue weighted by molar-refractivity contribution is 9.11. The first-order chi connectivity index (χ1) is 10.7. The van der Waals surface area contributed by atoms with E-state index in [9.17, 15) is 4.79 Å². The molecule has 0 saturated heterocycles. The quantitative estimate of drug-likeness (QED) is 0.555. The van der Waals surface area contributed by atoms with Crippen LogP contribution in [0.4, 0.5) is 4.79 Å². The van der Waals surface area contributed by atoms with Crippen molar-refractivity contribution < 1.29 is 9.53 Å². The summed E-state index contributed by atoms with van der Waals surface area (Å²) in [4.78, 5) is 14.5. The number of amides is 1. The predicted molar refractivity (Wildman–Crippen MR) is 100 cm³/mol. The lowest BCUT2D eigenvalue weighted by Crippen LogP contribution is -2.38. The minimum atomic E-state index is -0.469. The van der Waals surface area contributed by atoms with Crippen LogP contribution in [-0.4, -0.2) is 23.1 Å². The molecular formula is C18H25Br2NO2. The zero-order valence-electron chi connectivity index (χ0n) is 14.1. The first kappa shape index (κ1) is 18.8. The summed E-state index contributed by atoms with van der Waals surface area (Å²) in [7, 11) is 0. The molecule has 3 nitrogen and oxygen atoms in total. The van der Waals surface area contributed by atoms with Crippen molar-refractivity contribution in [2.24, 2.45) is 5.92 Å². The van der Waals surface area contributed by atoms with Crippen molar-refractivity contribution in [1.82, 2.24) is 4.90 Å². The van der Waals surface area contributed by atoms with Crippen molar-refractivity contribution in [2.45, 2.75) is 58.6 Å². The Balaban J connectivity index is 2.12. The Kier molecular flexibility index (Phi) is 6.55. The molecule has 5 heteroatoms. The van der Waals surface area contributed by atoms with Gasteiger partial charge in [-0.1, -0.05) is 44.7 Å². The van der Waals surface area contributed by atoms with E-state index in [0.29, 0.717) is 12.5 Å². The van der Waals surface area contributed by atoms with Crippen LogP contribution in [0.25, 0.3) is 0 Å². The maximum absolute atomic E-state index is 12.6. The number of benzene rings is 1. The Bertz CT molecular complexity index is 528. The summed E-state index contributed by atoms with van der Waals surface area (Å²) in [6, 6.07) is 6.10. The molecule has 2 rings (SSSR count). The van der Waals surface area contributed by atoms with Crippen LogP contribution in [0.3, 0.4) is 0 Å². The van der Waals surface area contributed by atoms with Crippen molar-refractivity contribution in [3.63, 3.8) is 0 Å². The Morgan fingerprint density at radius 2 is 1.74 bits per heavy atom. The SMILES string of the molecule is CC(C)(C)OC(=O)N(Cc1cc(Br)cc(Br)c1)CC1CCCC1. The van der Waals surface area contributed by atoms with Crippen molar-refractivity contribution in [3.8, 4) is 0 Å². The molecule has 1 aliphatic rings. The normalized spacial score (nSPS) is 15.7. The maximum atomic E-state index is 12.6. The van der Waals surface area contributed by atoms with Gasteiger partial charge >= 0.3 is 6.09 Å². The van der Waals surface area contributed by atoms with Crippen LogP contribution in [0.1, 0.15) is 52.0 Å². The highest BCUT2D eigenvalue weighted by Crippen LogP contribution is 2.27. The summed E-state index contributed by atoms with van der Waals surface area (Å²) in [5.41, 5.74) is 0.623. The average molecular weight is 447 g/mol. The van der Waals surface area contributed by atoms with Crippen LogP contribution in [0.5, 0.6) is 0 Å². The number of nitrogens with zero attached hydrogens (tertiary/aromatic N) is 1. The number of hydrogen-bond acceptors (Lipinski definition) is 2. The minimum absolute atomic E-state index is 0.222. The molecule has 0 atom stereocenters. The van der Waals surface area contributed by atoms with Gasteiger partial charge in [-0.25, -0.2) is 4.79 Å². The van der Waals surface area contributed by atoms with E-state index in [2.05, 4.69) is 44.0 Å². The molecule has 23 heavy (non-hydrogen) atoms. The molecule has 0 heterocycles. The Hall–Kier alpha value is -0.550. The van der Waals surface area contributed by atoms with Gasteiger partial charge in [-0.3, -0.25) is 0 Å². The van der Waals surface area contributed by atoms with Crippen molar-refractivity contribution >= 4 is 38.0 Å². The smallest absolute Gasteiger partial charge is 0.410 e. The third-order valence-electron chi connectivity index (χ3n) is 3.90. The standard InChI is InChI=1S/C18H25Br2NO2/c1-18(2,3)23-17(22)21(11-13-6-4-5-7-13)12-14-8-15(19)10-16(20)9-14/h8-10,13H,4-7,11-12H2,1-3H3. The second-order valence-electron chi connectivity index (χ2n) is 7.29. The molecule has 0 aliphatic heterocycles. The topological polar surface area (TPSA) is 29.5 Å². The molecule has 0 N–H and O–H groups in total. The molecule has 0 aromatic heterocycles. The first-order valence-corrected chi connectivity index (χ1v) is 9.74. The lowest BCUT2D eigenvalue weighted by Gasteiger charge is -2.29. The van der Waals surface area contributed by atoms with E-state index in [4.69, 9.17) is 4.74 Å². The van der Waals surface area contributed by atoms with Gasteiger partial charge in [-0.2, -0.15) is 0 Å². The molecule has 128 valence electrons.